The molecule has 3 heteroatoms. The zero-order chi connectivity index (χ0) is 9.19. The molecule has 0 aromatic rings. The predicted molar refractivity (Wildman–Crippen MR) is 50.3 cm³/mol. The molecule has 0 unspecified atom stereocenters. The van der Waals surface area contributed by atoms with Gasteiger partial charge < -0.3 is 0 Å². The molecule has 0 fully saturated rings. The largest absolute Gasteiger partial charge is 0.219 e. The van der Waals surface area contributed by atoms with Crippen molar-refractivity contribution in [1.82, 2.24) is 0 Å². The molecule has 0 aromatic heterocycles. The summed E-state index contributed by atoms with van der Waals surface area (Å²) in [5.74, 6) is 0. The third-order valence-electron chi connectivity index (χ3n) is 2.05. The first-order valence-corrected chi connectivity index (χ1v) is 5.70. The van der Waals surface area contributed by atoms with E-state index < -0.39 is 9.84 Å². The quantitative estimate of drug-likeness (QED) is 0.678. The molecule has 2 nitrogen and oxygen atoms in total. The summed E-state index contributed by atoms with van der Waals surface area (Å²) in [4.78, 5) is 1.07. The van der Waals surface area contributed by atoms with Gasteiger partial charge in [-0.25, -0.2) is 8.42 Å². The van der Waals surface area contributed by atoms with E-state index in [-0.39, 0.29) is 0 Å². The minimum absolute atomic E-state index is 0.480. The van der Waals surface area contributed by atoms with Gasteiger partial charge in [-0.15, -0.1) is 0 Å². The third kappa shape index (κ3) is 1.61. The maximum Gasteiger partial charge on any atom is 0.198 e. The monoisotopic (exact) mass is 186 g/mol. The fraction of sp³-hybridized carbons (Fsp3) is 0.556. The van der Waals surface area contributed by atoms with Crippen molar-refractivity contribution in [1.29, 1.82) is 0 Å². The van der Waals surface area contributed by atoms with Crippen LogP contribution in [0.15, 0.2) is 22.0 Å². The molecule has 0 aliphatic carbocycles. The lowest BCUT2D eigenvalue weighted by atomic mass is 10.2. The van der Waals surface area contributed by atoms with Crippen molar-refractivity contribution in [2.24, 2.45) is 0 Å². The highest BCUT2D eigenvalue weighted by atomic mass is 32.2. The summed E-state index contributed by atoms with van der Waals surface area (Å²) in [6.45, 7) is 3.70. The van der Waals surface area contributed by atoms with Crippen LogP contribution in [0.1, 0.15) is 33.1 Å². The lowest BCUT2D eigenvalue weighted by molar-refractivity contribution is 0.605. The Morgan fingerprint density at radius 2 is 2.00 bits per heavy atom. The van der Waals surface area contributed by atoms with Gasteiger partial charge >= 0.3 is 0 Å². The third-order valence-corrected chi connectivity index (χ3v) is 4.06. The van der Waals surface area contributed by atoms with Crippen LogP contribution >= 0.6 is 0 Å². The molecule has 0 radical (unpaired) electrons. The molecular weight excluding hydrogens is 172 g/mol. The van der Waals surface area contributed by atoms with E-state index in [1.54, 1.807) is 19.1 Å². The van der Waals surface area contributed by atoms with Crippen LogP contribution in [-0.2, 0) is 9.84 Å². The Balaban J connectivity index is 2.74. The average Bonchev–Trinajstić information content (AvgIpc) is 2.25. The number of sulfone groups is 1. The number of rotatable bonds is 3. The number of hydrogen-bond donors (Lipinski definition) is 0. The standard InChI is InChI=1S/C9H14O2S/c1-3-4-5-9-7-6-8(2)12(9,10)11/h6-7H,3-5H2,1-2H3. The SMILES string of the molecule is CCCCC1=CC=C(C)S1(=O)=O. The average molecular weight is 186 g/mol. The zero-order valence-corrected chi connectivity index (χ0v) is 8.32. The van der Waals surface area contributed by atoms with Gasteiger partial charge in [-0.05, 0) is 31.9 Å². The Kier molecular flexibility index (Phi) is 2.73. The normalized spacial score (nSPS) is 20.5. The van der Waals surface area contributed by atoms with E-state index in [2.05, 4.69) is 6.92 Å². The Hall–Kier alpha value is -0.570. The number of allylic oxidation sites excluding steroid dienone is 4. The summed E-state index contributed by atoms with van der Waals surface area (Å²) >= 11 is 0. The van der Waals surface area contributed by atoms with Gasteiger partial charge in [-0.3, -0.25) is 0 Å². The number of hydrogen-bond acceptors (Lipinski definition) is 2. The predicted octanol–water partition coefficient (Wildman–Crippen LogP) is 2.39. The summed E-state index contributed by atoms with van der Waals surface area (Å²) in [6.07, 6.45) is 6.07. The second-order valence-corrected chi connectivity index (χ2v) is 5.19. The molecule has 0 amide bonds. The van der Waals surface area contributed by atoms with E-state index in [0.717, 1.165) is 12.8 Å². The molecule has 1 aliphatic heterocycles. The Labute approximate surface area is 73.9 Å². The van der Waals surface area contributed by atoms with Crippen LogP contribution in [0.2, 0.25) is 0 Å². The molecule has 12 heavy (non-hydrogen) atoms. The molecule has 0 saturated carbocycles. The minimum Gasteiger partial charge on any atom is -0.219 e. The van der Waals surface area contributed by atoms with E-state index in [9.17, 15) is 8.42 Å². The fourth-order valence-electron chi connectivity index (χ4n) is 1.16. The van der Waals surface area contributed by atoms with Crippen LogP contribution < -0.4 is 0 Å². The molecule has 0 saturated heterocycles. The van der Waals surface area contributed by atoms with Gasteiger partial charge in [0.1, 0.15) is 0 Å². The van der Waals surface area contributed by atoms with Crippen molar-refractivity contribution in [2.75, 3.05) is 0 Å². The minimum atomic E-state index is -3.02. The second-order valence-electron chi connectivity index (χ2n) is 3.02. The molecule has 1 heterocycles. The summed E-state index contributed by atoms with van der Waals surface area (Å²) < 4.78 is 22.9. The van der Waals surface area contributed by atoms with Crippen molar-refractivity contribution in [2.45, 2.75) is 33.1 Å². The highest BCUT2D eigenvalue weighted by Gasteiger charge is 2.22. The molecule has 1 aliphatic rings. The molecule has 68 valence electrons. The zero-order valence-electron chi connectivity index (χ0n) is 7.50. The van der Waals surface area contributed by atoms with Crippen LogP contribution in [0.5, 0.6) is 0 Å². The van der Waals surface area contributed by atoms with Crippen molar-refractivity contribution >= 4 is 9.84 Å². The van der Waals surface area contributed by atoms with E-state index >= 15 is 0 Å². The number of unbranched alkanes of at least 4 members (excludes halogenated alkanes) is 1. The van der Waals surface area contributed by atoms with Crippen LogP contribution in [0.3, 0.4) is 0 Å². The highest BCUT2D eigenvalue weighted by Crippen LogP contribution is 2.27. The smallest absolute Gasteiger partial charge is 0.198 e. The first-order valence-electron chi connectivity index (χ1n) is 4.21. The first-order chi connectivity index (χ1) is 5.59. The molecule has 0 aromatic carbocycles. The Morgan fingerprint density at radius 3 is 2.42 bits per heavy atom. The van der Waals surface area contributed by atoms with Gasteiger partial charge in [0.15, 0.2) is 9.84 Å². The van der Waals surface area contributed by atoms with E-state index in [1.165, 1.54) is 0 Å². The van der Waals surface area contributed by atoms with E-state index in [4.69, 9.17) is 0 Å². The molecule has 0 bridgehead atoms. The van der Waals surface area contributed by atoms with Gasteiger partial charge in [-0.1, -0.05) is 13.3 Å². The molecule has 1 rings (SSSR count). The topological polar surface area (TPSA) is 34.1 Å². The van der Waals surface area contributed by atoms with Crippen molar-refractivity contribution in [3.63, 3.8) is 0 Å². The van der Waals surface area contributed by atoms with Gasteiger partial charge in [0.25, 0.3) is 0 Å². The van der Waals surface area contributed by atoms with Gasteiger partial charge in [0, 0.05) is 9.81 Å². The first kappa shape index (κ1) is 9.52. The van der Waals surface area contributed by atoms with Crippen LogP contribution in [0.4, 0.5) is 0 Å². The van der Waals surface area contributed by atoms with Gasteiger partial charge in [-0.2, -0.15) is 0 Å². The summed E-state index contributed by atoms with van der Waals surface area (Å²) in [5, 5.41) is 0. The van der Waals surface area contributed by atoms with Crippen LogP contribution in [-0.4, -0.2) is 8.42 Å². The summed E-state index contributed by atoms with van der Waals surface area (Å²) in [7, 11) is -3.02. The van der Waals surface area contributed by atoms with E-state index in [1.807, 2.05) is 0 Å². The van der Waals surface area contributed by atoms with Gasteiger partial charge in [0.2, 0.25) is 0 Å². The van der Waals surface area contributed by atoms with E-state index in [0.29, 0.717) is 16.2 Å². The second kappa shape index (κ2) is 3.44. The molecule has 0 spiro atoms. The van der Waals surface area contributed by atoms with Crippen molar-refractivity contribution < 1.29 is 8.42 Å². The van der Waals surface area contributed by atoms with Crippen LogP contribution in [0.25, 0.3) is 0 Å². The maximum atomic E-state index is 11.5. The Morgan fingerprint density at radius 1 is 1.33 bits per heavy atom. The fourth-order valence-corrected chi connectivity index (χ4v) is 2.49. The molecular formula is C9H14O2S. The maximum absolute atomic E-state index is 11.5. The van der Waals surface area contributed by atoms with Crippen LogP contribution in [0, 0.1) is 0 Å². The lowest BCUT2D eigenvalue weighted by Gasteiger charge is -2.02. The lowest BCUT2D eigenvalue weighted by Crippen LogP contribution is -2.00. The van der Waals surface area contributed by atoms with Gasteiger partial charge in [0.05, 0.1) is 0 Å². The van der Waals surface area contributed by atoms with Crippen molar-refractivity contribution in [3.8, 4) is 0 Å². The Bertz CT molecular complexity index is 320. The highest BCUT2D eigenvalue weighted by molar-refractivity contribution is 7.99. The molecule has 0 atom stereocenters. The van der Waals surface area contributed by atoms with Crippen molar-refractivity contribution in [3.05, 3.63) is 22.0 Å². The summed E-state index contributed by atoms with van der Waals surface area (Å²) in [6, 6.07) is 0. The molecule has 0 N–H and O–H groups in total. The summed E-state index contributed by atoms with van der Waals surface area (Å²) in [5.41, 5.74) is 0.